The standard InChI is InChI=1S/C19H23ClN4O/c1-14-9-10-18(22-21-14)24-11-5-7-16(13-24)23(2)19(25)12-15-6-3-4-8-17(15)20/h3-4,6,8-10,16H,5,7,11-13H2,1-2H3. The van der Waals surface area contributed by atoms with E-state index in [1.807, 2.05) is 55.3 Å². The van der Waals surface area contributed by atoms with Crippen molar-refractivity contribution in [3.63, 3.8) is 0 Å². The van der Waals surface area contributed by atoms with Gasteiger partial charge in [0.05, 0.1) is 12.1 Å². The molecule has 132 valence electrons. The molecule has 1 unspecified atom stereocenters. The summed E-state index contributed by atoms with van der Waals surface area (Å²) in [6.07, 6.45) is 2.36. The van der Waals surface area contributed by atoms with Gasteiger partial charge in [-0.1, -0.05) is 29.8 Å². The van der Waals surface area contributed by atoms with Crippen molar-refractivity contribution in [3.8, 4) is 0 Å². The molecule has 0 N–H and O–H groups in total. The molecule has 1 aromatic carbocycles. The first kappa shape index (κ1) is 17.7. The molecule has 0 aliphatic carbocycles. The van der Waals surface area contributed by atoms with Gasteiger partial charge in [0.15, 0.2) is 5.82 Å². The maximum atomic E-state index is 12.7. The van der Waals surface area contributed by atoms with Crippen LogP contribution in [0.25, 0.3) is 0 Å². The van der Waals surface area contributed by atoms with E-state index >= 15 is 0 Å². The van der Waals surface area contributed by atoms with Gasteiger partial charge in [-0.25, -0.2) is 0 Å². The van der Waals surface area contributed by atoms with Gasteiger partial charge in [-0.2, -0.15) is 5.10 Å². The number of aryl methyl sites for hydroxylation is 1. The summed E-state index contributed by atoms with van der Waals surface area (Å²) < 4.78 is 0. The van der Waals surface area contributed by atoms with Crippen molar-refractivity contribution in [2.24, 2.45) is 0 Å². The average Bonchev–Trinajstić information content (AvgIpc) is 2.63. The maximum Gasteiger partial charge on any atom is 0.227 e. The summed E-state index contributed by atoms with van der Waals surface area (Å²) in [7, 11) is 1.88. The summed E-state index contributed by atoms with van der Waals surface area (Å²) in [4.78, 5) is 16.7. The lowest BCUT2D eigenvalue weighted by Gasteiger charge is -2.38. The number of carbonyl (C=O) groups excluding carboxylic acids is 1. The van der Waals surface area contributed by atoms with Crippen LogP contribution in [0.2, 0.25) is 5.02 Å². The van der Waals surface area contributed by atoms with E-state index in [4.69, 9.17) is 11.6 Å². The van der Waals surface area contributed by atoms with Crippen LogP contribution in [0, 0.1) is 6.92 Å². The molecule has 3 rings (SSSR count). The minimum atomic E-state index is 0.0925. The van der Waals surface area contributed by atoms with Crippen molar-refractivity contribution < 1.29 is 4.79 Å². The Balaban J connectivity index is 1.65. The lowest BCUT2D eigenvalue weighted by molar-refractivity contribution is -0.131. The Morgan fingerprint density at radius 1 is 1.28 bits per heavy atom. The van der Waals surface area contributed by atoms with E-state index in [-0.39, 0.29) is 11.9 Å². The molecule has 1 saturated heterocycles. The number of likely N-dealkylation sites (N-methyl/N-ethyl adjacent to an activating group) is 1. The fourth-order valence-electron chi connectivity index (χ4n) is 3.17. The summed E-state index contributed by atoms with van der Waals surface area (Å²) in [5.74, 6) is 0.970. The minimum absolute atomic E-state index is 0.0925. The number of halogens is 1. The monoisotopic (exact) mass is 358 g/mol. The smallest absolute Gasteiger partial charge is 0.227 e. The van der Waals surface area contributed by atoms with Crippen molar-refractivity contribution in [2.45, 2.75) is 32.2 Å². The molecule has 1 amide bonds. The van der Waals surface area contributed by atoms with E-state index in [2.05, 4.69) is 15.1 Å². The lowest BCUT2D eigenvalue weighted by atomic mass is 10.0. The van der Waals surface area contributed by atoms with Crippen LogP contribution < -0.4 is 4.90 Å². The molecule has 0 bridgehead atoms. The zero-order chi connectivity index (χ0) is 17.8. The second-order valence-corrected chi connectivity index (χ2v) is 6.96. The van der Waals surface area contributed by atoms with Crippen molar-refractivity contribution in [2.75, 3.05) is 25.0 Å². The normalized spacial score (nSPS) is 17.4. The number of piperidine rings is 1. The van der Waals surface area contributed by atoms with Crippen molar-refractivity contribution >= 4 is 23.3 Å². The lowest BCUT2D eigenvalue weighted by Crippen LogP contribution is -2.49. The van der Waals surface area contributed by atoms with Crippen LogP contribution in [0.5, 0.6) is 0 Å². The molecular weight excluding hydrogens is 336 g/mol. The Hall–Kier alpha value is -2.14. The van der Waals surface area contributed by atoms with Gasteiger partial charge >= 0.3 is 0 Å². The fourth-order valence-corrected chi connectivity index (χ4v) is 3.38. The van der Waals surface area contributed by atoms with Crippen molar-refractivity contribution in [1.82, 2.24) is 15.1 Å². The van der Waals surface area contributed by atoms with Gasteiger partial charge in [0.2, 0.25) is 5.91 Å². The molecule has 0 saturated carbocycles. The number of aromatic nitrogens is 2. The Bertz CT molecular complexity index is 734. The summed E-state index contributed by atoms with van der Waals surface area (Å²) in [5, 5.41) is 9.06. The number of hydrogen-bond donors (Lipinski definition) is 0. The molecule has 0 radical (unpaired) electrons. The number of benzene rings is 1. The highest BCUT2D eigenvalue weighted by atomic mass is 35.5. The van der Waals surface area contributed by atoms with Crippen molar-refractivity contribution in [3.05, 3.63) is 52.7 Å². The SMILES string of the molecule is Cc1ccc(N2CCCC(N(C)C(=O)Cc3ccccc3Cl)C2)nn1. The first-order chi connectivity index (χ1) is 12.0. The predicted octanol–water partition coefficient (Wildman–Crippen LogP) is 3.11. The van der Waals surface area contributed by atoms with E-state index in [0.717, 1.165) is 43.0 Å². The molecule has 0 spiro atoms. The molecule has 1 atom stereocenters. The fraction of sp³-hybridized carbons (Fsp3) is 0.421. The Morgan fingerprint density at radius 3 is 2.80 bits per heavy atom. The quantitative estimate of drug-likeness (QED) is 0.842. The van der Waals surface area contributed by atoms with E-state index in [0.29, 0.717) is 11.4 Å². The number of hydrogen-bond acceptors (Lipinski definition) is 4. The van der Waals surface area contributed by atoms with E-state index < -0.39 is 0 Å². The van der Waals surface area contributed by atoms with Gasteiger partial charge in [-0.05, 0) is 43.5 Å². The van der Waals surface area contributed by atoms with Crippen LogP contribution in [-0.4, -0.2) is 47.2 Å². The molecule has 25 heavy (non-hydrogen) atoms. The second kappa shape index (κ2) is 7.83. The minimum Gasteiger partial charge on any atom is -0.353 e. The molecule has 1 aliphatic rings. The number of anilines is 1. The highest BCUT2D eigenvalue weighted by molar-refractivity contribution is 6.31. The molecule has 1 aromatic heterocycles. The number of amides is 1. The number of carbonyl (C=O) groups is 1. The maximum absolute atomic E-state index is 12.7. The van der Waals surface area contributed by atoms with Crippen LogP contribution in [-0.2, 0) is 11.2 Å². The average molecular weight is 359 g/mol. The number of rotatable bonds is 4. The number of nitrogens with zero attached hydrogens (tertiary/aromatic N) is 4. The summed E-state index contributed by atoms with van der Waals surface area (Å²) >= 11 is 6.18. The Morgan fingerprint density at radius 2 is 2.08 bits per heavy atom. The Kier molecular flexibility index (Phi) is 5.53. The molecular formula is C19H23ClN4O. The van der Waals surface area contributed by atoms with Crippen LogP contribution in [0.3, 0.4) is 0 Å². The van der Waals surface area contributed by atoms with Gasteiger partial charge in [-0.3, -0.25) is 4.79 Å². The summed E-state index contributed by atoms with van der Waals surface area (Å²) in [6.45, 7) is 3.65. The van der Waals surface area contributed by atoms with E-state index in [9.17, 15) is 4.79 Å². The largest absolute Gasteiger partial charge is 0.353 e. The first-order valence-electron chi connectivity index (χ1n) is 8.59. The third kappa shape index (κ3) is 4.28. The molecule has 1 fully saturated rings. The first-order valence-corrected chi connectivity index (χ1v) is 8.97. The third-order valence-electron chi connectivity index (χ3n) is 4.74. The Labute approximate surface area is 153 Å². The van der Waals surface area contributed by atoms with E-state index in [1.165, 1.54) is 0 Å². The zero-order valence-corrected chi connectivity index (χ0v) is 15.4. The van der Waals surface area contributed by atoms with Crippen molar-refractivity contribution in [1.29, 1.82) is 0 Å². The zero-order valence-electron chi connectivity index (χ0n) is 14.7. The van der Waals surface area contributed by atoms with Crippen LogP contribution in [0.4, 0.5) is 5.82 Å². The third-order valence-corrected chi connectivity index (χ3v) is 5.11. The topological polar surface area (TPSA) is 49.3 Å². The van der Waals surface area contributed by atoms with E-state index in [1.54, 1.807) is 0 Å². The molecule has 2 heterocycles. The van der Waals surface area contributed by atoms with Crippen LogP contribution in [0.1, 0.15) is 24.1 Å². The van der Waals surface area contributed by atoms with Gasteiger partial charge < -0.3 is 9.80 Å². The van der Waals surface area contributed by atoms with Gasteiger partial charge in [0, 0.05) is 31.2 Å². The van der Waals surface area contributed by atoms with Crippen LogP contribution in [0.15, 0.2) is 36.4 Å². The van der Waals surface area contributed by atoms with Gasteiger partial charge in [0.25, 0.3) is 0 Å². The van der Waals surface area contributed by atoms with Gasteiger partial charge in [0.1, 0.15) is 0 Å². The summed E-state index contributed by atoms with van der Waals surface area (Å²) in [5.41, 5.74) is 1.78. The highest BCUT2D eigenvalue weighted by Crippen LogP contribution is 2.22. The predicted molar refractivity (Wildman–Crippen MR) is 99.9 cm³/mol. The highest BCUT2D eigenvalue weighted by Gasteiger charge is 2.27. The second-order valence-electron chi connectivity index (χ2n) is 6.55. The summed E-state index contributed by atoms with van der Waals surface area (Å²) in [6, 6.07) is 11.7. The van der Waals surface area contributed by atoms with Crippen LogP contribution >= 0.6 is 11.6 Å². The molecule has 2 aromatic rings. The van der Waals surface area contributed by atoms with Gasteiger partial charge in [-0.15, -0.1) is 5.10 Å². The molecule has 1 aliphatic heterocycles. The molecule has 6 heteroatoms. The molecule has 5 nitrogen and oxygen atoms in total.